The van der Waals surface area contributed by atoms with E-state index in [1.165, 1.54) is 18.3 Å². The molecular formula is C12H12FN3O2. The number of anilines is 1. The molecule has 0 saturated carbocycles. The standard InChI is InChI=1S/C12H12FN3O2/c1-2-16-7-8(6-14-16)15-12(18)10-4-3-9(17)5-11(10)13/h3-7,17H,2H2,1H3,(H,15,18). The molecule has 2 N–H and O–H groups in total. The smallest absolute Gasteiger partial charge is 0.258 e. The van der Waals surface area contributed by atoms with E-state index >= 15 is 0 Å². The van der Waals surface area contributed by atoms with E-state index in [0.717, 1.165) is 6.07 Å². The molecule has 1 heterocycles. The number of amides is 1. The van der Waals surface area contributed by atoms with Crippen LogP contribution >= 0.6 is 0 Å². The summed E-state index contributed by atoms with van der Waals surface area (Å²) in [5.74, 6) is -1.57. The predicted molar refractivity (Wildman–Crippen MR) is 63.9 cm³/mol. The Bertz CT molecular complexity index is 580. The second kappa shape index (κ2) is 4.87. The number of phenolic OH excluding ortho intramolecular Hbond substituents is 1. The van der Waals surface area contributed by atoms with Gasteiger partial charge in [-0.1, -0.05) is 0 Å². The van der Waals surface area contributed by atoms with Crippen LogP contribution in [0.2, 0.25) is 0 Å². The Hall–Kier alpha value is -2.37. The van der Waals surface area contributed by atoms with Gasteiger partial charge >= 0.3 is 0 Å². The molecule has 0 fully saturated rings. The largest absolute Gasteiger partial charge is 0.508 e. The van der Waals surface area contributed by atoms with Gasteiger partial charge in [-0.25, -0.2) is 4.39 Å². The molecule has 0 atom stereocenters. The molecular weight excluding hydrogens is 237 g/mol. The quantitative estimate of drug-likeness (QED) is 0.874. The molecule has 94 valence electrons. The highest BCUT2D eigenvalue weighted by Gasteiger charge is 2.13. The maximum absolute atomic E-state index is 13.4. The third-order valence-corrected chi connectivity index (χ3v) is 2.41. The van der Waals surface area contributed by atoms with E-state index in [1.807, 2.05) is 6.92 Å². The Morgan fingerprint density at radius 3 is 2.94 bits per heavy atom. The van der Waals surface area contributed by atoms with Gasteiger partial charge in [0.2, 0.25) is 0 Å². The van der Waals surface area contributed by atoms with Crippen molar-refractivity contribution < 1.29 is 14.3 Å². The van der Waals surface area contributed by atoms with Crippen LogP contribution in [0.4, 0.5) is 10.1 Å². The second-order valence-corrected chi connectivity index (χ2v) is 3.70. The number of carbonyl (C=O) groups excluding carboxylic acids is 1. The molecule has 1 aromatic carbocycles. The molecule has 0 bridgehead atoms. The molecule has 5 nitrogen and oxygen atoms in total. The van der Waals surface area contributed by atoms with Crippen molar-refractivity contribution in [2.45, 2.75) is 13.5 Å². The topological polar surface area (TPSA) is 67.2 Å². The number of nitrogens with one attached hydrogen (secondary N) is 1. The Balaban J connectivity index is 2.16. The summed E-state index contributed by atoms with van der Waals surface area (Å²) in [6, 6.07) is 3.38. The fourth-order valence-electron chi connectivity index (χ4n) is 1.49. The maximum atomic E-state index is 13.4. The number of aryl methyl sites for hydroxylation is 1. The molecule has 0 saturated heterocycles. The highest BCUT2D eigenvalue weighted by Crippen LogP contribution is 2.16. The first-order chi connectivity index (χ1) is 8.60. The van der Waals surface area contributed by atoms with Crippen LogP contribution in [0, 0.1) is 5.82 Å². The van der Waals surface area contributed by atoms with E-state index in [4.69, 9.17) is 5.11 Å². The van der Waals surface area contributed by atoms with Crippen molar-refractivity contribution in [3.63, 3.8) is 0 Å². The van der Waals surface area contributed by atoms with Crippen molar-refractivity contribution in [1.82, 2.24) is 9.78 Å². The second-order valence-electron chi connectivity index (χ2n) is 3.70. The van der Waals surface area contributed by atoms with Crippen LogP contribution in [-0.4, -0.2) is 20.8 Å². The molecule has 0 aliphatic carbocycles. The number of hydrogen-bond acceptors (Lipinski definition) is 3. The predicted octanol–water partition coefficient (Wildman–Crippen LogP) is 2.00. The van der Waals surface area contributed by atoms with Gasteiger partial charge in [0.1, 0.15) is 11.6 Å². The molecule has 18 heavy (non-hydrogen) atoms. The highest BCUT2D eigenvalue weighted by atomic mass is 19.1. The zero-order valence-corrected chi connectivity index (χ0v) is 9.72. The minimum absolute atomic E-state index is 0.128. The SMILES string of the molecule is CCn1cc(NC(=O)c2ccc(O)cc2F)cn1. The van der Waals surface area contributed by atoms with E-state index in [0.29, 0.717) is 12.2 Å². The summed E-state index contributed by atoms with van der Waals surface area (Å²) in [6.45, 7) is 2.60. The molecule has 0 aliphatic rings. The van der Waals surface area contributed by atoms with Gasteiger partial charge in [-0.3, -0.25) is 9.48 Å². The normalized spacial score (nSPS) is 10.3. The molecule has 2 rings (SSSR count). The van der Waals surface area contributed by atoms with E-state index in [2.05, 4.69) is 10.4 Å². The van der Waals surface area contributed by atoms with Crippen LogP contribution in [0.3, 0.4) is 0 Å². The van der Waals surface area contributed by atoms with Gasteiger partial charge in [-0.05, 0) is 19.1 Å². The minimum Gasteiger partial charge on any atom is -0.508 e. The zero-order chi connectivity index (χ0) is 13.1. The monoisotopic (exact) mass is 249 g/mol. The fraction of sp³-hybridized carbons (Fsp3) is 0.167. The molecule has 0 spiro atoms. The number of halogens is 1. The Morgan fingerprint density at radius 2 is 2.33 bits per heavy atom. The van der Waals surface area contributed by atoms with Gasteiger partial charge in [-0.15, -0.1) is 0 Å². The molecule has 1 amide bonds. The number of nitrogens with zero attached hydrogens (tertiary/aromatic N) is 2. The Kier molecular flexibility index (Phi) is 3.27. The average molecular weight is 249 g/mol. The van der Waals surface area contributed by atoms with Gasteiger partial charge in [0.15, 0.2) is 0 Å². The summed E-state index contributed by atoms with van der Waals surface area (Å²) in [4.78, 5) is 11.8. The lowest BCUT2D eigenvalue weighted by molar-refractivity contribution is 0.102. The molecule has 0 radical (unpaired) electrons. The summed E-state index contributed by atoms with van der Waals surface area (Å²) in [6.07, 6.45) is 3.13. The summed E-state index contributed by atoms with van der Waals surface area (Å²) in [5.41, 5.74) is 0.367. The summed E-state index contributed by atoms with van der Waals surface area (Å²) in [5, 5.41) is 15.6. The van der Waals surface area contributed by atoms with Crippen molar-refractivity contribution >= 4 is 11.6 Å². The van der Waals surface area contributed by atoms with Gasteiger partial charge in [0, 0.05) is 18.8 Å². The van der Waals surface area contributed by atoms with E-state index in [1.54, 1.807) is 10.9 Å². The Morgan fingerprint density at radius 1 is 1.56 bits per heavy atom. The highest BCUT2D eigenvalue weighted by molar-refractivity contribution is 6.04. The van der Waals surface area contributed by atoms with Crippen LogP contribution < -0.4 is 5.32 Å². The van der Waals surface area contributed by atoms with Crippen LogP contribution in [0.25, 0.3) is 0 Å². The van der Waals surface area contributed by atoms with E-state index < -0.39 is 11.7 Å². The van der Waals surface area contributed by atoms with Gasteiger partial charge in [0.25, 0.3) is 5.91 Å². The third-order valence-electron chi connectivity index (χ3n) is 2.41. The Labute approximate surface area is 103 Å². The number of benzene rings is 1. The van der Waals surface area contributed by atoms with Crippen molar-refractivity contribution in [2.75, 3.05) is 5.32 Å². The third kappa shape index (κ3) is 2.48. The molecule has 0 unspecified atom stereocenters. The number of aromatic hydroxyl groups is 1. The van der Waals surface area contributed by atoms with Crippen molar-refractivity contribution in [2.24, 2.45) is 0 Å². The summed E-state index contributed by atoms with van der Waals surface area (Å²) in [7, 11) is 0. The summed E-state index contributed by atoms with van der Waals surface area (Å²) >= 11 is 0. The number of aromatic nitrogens is 2. The van der Waals surface area contributed by atoms with Crippen molar-refractivity contribution in [3.8, 4) is 5.75 Å². The van der Waals surface area contributed by atoms with Crippen molar-refractivity contribution in [3.05, 3.63) is 42.0 Å². The van der Waals surface area contributed by atoms with Crippen LogP contribution in [0.5, 0.6) is 5.75 Å². The van der Waals surface area contributed by atoms with E-state index in [9.17, 15) is 9.18 Å². The first-order valence-electron chi connectivity index (χ1n) is 5.42. The summed E-state index contributed by atoms with van der Waals surface area (Å²) < 4.78 is 15.1. The van der Waals surface area contributed by atoms with Crippen LogP contribution in [0.15, 0.2) is 30.6 Å². The molecule has 0 aliphatic heterocycles. The molecule has 6 heteroatoms. The average Bonchev–Trinajstić information content (AvgIpc) is 2.76. The lowest BCUT2D eigenvalue weighted by atomic mass is 10.2. The van der Waals surface area contributed by atoms with Crippen LogP contribution in [0.1, 0.15) is 17.3 Å². The first kappa shape index (κ1) is 12.1. The minimum atomic E-state index is -0.768. The zero-order valence-electron chi connectivity index (χ0n) is 9.72. The lowest BCUT2D eigenvalue weighted by Gasteiger charge is -2.04. The van der Waals surface area contributed by atoms with Crippen LogP contribution in [-0.2, 0) is 6.54 Å². The number of hydrogen-bond donors (Lipinski definition) is 2. The fourth-order valence-corrected chi connectivity index (χ4v) is 1.49. The number of phenols is 1. The van der Waals surface area contributed by atoms with Crippen molar-refractivity contribution in [1.29, 1.82) is 0 Å². The molecule has 1 aromatic heterocycles. The van der Waals surface area contributed by atoms with Gasteiger partial charge in [-0.2, -0.15) is 5.10 Å². The number of carbonyl (C=O) groups is 1. The van der Waals surface area contributed by atoms with Gasteiger partial charge in [0.05, 0.1) is 17.4 Å². The molecule has 2 aromatic rings. The first-order valence-corrected chi connectivity index (χ1v) is 5.42. The lowest BCUT2D eigenvalue weighted by Crippen LogP contribution is -2.13. The number of rotatable bonds is 3. The maximum Gasteiger partial charge on any atom is 0.258 e. The van der Waals surface area contributed by atoms with Gasteiger partial charge < -0.3 is 10.4 Å². The van der Waals surface area contributed by atoms with E-state index in [-0.39, 0.29) is 11.3 Å².